The summed E-state index contributed by atoms with van der Waals surface area (Å²) in [6.07, 6.45) is 1.15. The number of methoxy groups -OCH3 is 1. The normalized spacial score (nSPS) is 13.1. The standard InChI is InChI=1S/C13H21NO/c1-4-12(2)14(11-15-3)10-13-8-6-5-7-9-13/h5-9,12H,4,10-11H2,1-3H3. The van der Waals surface area contributed by atoms with Gasteiger partial charge >= 0.3 is 0 Å². The summed E-state index contributed by atoms with van der Waals surface area (Å²) in [5.41, 5.74) is 1.34. The molecule has 0 bridgehead atoms. The fraction of sp³-hybridized carbons (Fsp3) is 0.538. The second kappa shape index (κ2) is 6.59. The molecule has 0 spiro atoms. The number of hydrogen-bond acceptors (Lipinski definition) is 2. The lowest BCUT2D eigenvalue weighted by atomic mass is 10.1. The molecule has 84 valence electrons. The van der Waals surface area contributed by atoms with Crippen LogP contribution in [0.5, 0.6) is 0 Å². The van der Waals surface area contributed by atoms with E-state index in [1.165, 1.54) is 5.56 Å². The van der Waals surface area contributed by atoms with Crippen LogP contribution in [0, 0.1) is 0 Å². The lowest BCUT2D eigenvalue weighted by Crippen LogP contribution is -2.33. The highest BCUT2D eigenvalue weighted by atomic mass is 16.5. The highest BCUT2D eigenvalue weighted by Gasteiger charge is 2.11. The quantitative estimate of drug-likeness (QED) is 0.665. The first-order valence-corrected chi connectivity index (χ1v) is 5.54. The Morgan fingerprint density at radius 1 is 1.27 bits per heavy atom. The molecule has 2 heteroatoms. The molecule has 15 heavy (non-hydrogen) atoms. The molecule has 0 radical (unpaired) electrons. The summed E-state index contributed by atoms with van der Waals surface area (Å²) in [4.78, 5) is 2.34. The smallest absolute Gasteiger partial charge is 0.0991 e. The van der Waals surface area contributed by atoms with Gasteiger partial charge in [-0.15, -0.1) is 0 Å². The molecule has 0 aliphatic heterocycles. The molecule has 1 aromatic carbocycles. The van der Waals surface area contributed by atoms with Crippen LogP contribution in [-0.4, -0.2) is 24.8 Å². The van der Waals surface area contributed by atoms with E-state index >= 15 is 0 Å². The molecule has 0 aliphatic carbocycles. The van der Waals surface area contributed by atoms with Crippen LogP contribution in [0.4, 0.5) is 0 Å². The summed E-state index contributed by atoms with van der Waals surface area (Å²) < 4.78 is 5.23. The van der Waals surface area contributed by atoms with Crippen LogP contribution in [0.1, 0.15) is 25.8 Å². The second-order valence-corrected chi connectivity index (χ2v) is 3.91. The molecule has 2 nitrogen and oxygen atoms in total. The van der Waals surface area contributed by atoms with Gasteiger partial charge in [0.05, 0.1) is 6.73 Å². The van der Waals surface area contributed by atoms with Gasteiger partial charge in [-0.25, -0.2) is 0 Å². The van der Waals surface area contributed by atoms with Gasteiger partial charge < -0.3 is 4.74 Å². The summed E-state index contributed by atoms with van der Waals surface area (Å²) in [7, 11) is 1.75. The fourth-order valence-electron chi connectivity index (χ4n) is 1.57. The molecule has 0 amide bonds. The van der Waals surface area contributed by atoms with Crippen molar-refractivity contribution in [3.05, 3.63) is 35.9 Å². The zero-order valence-electron chi connectivity index (χ0n) is 9.94. The first-order valence-electron chi connectivity index (χ1n) is 5.54. The van der Waals surface area contributed by atoms with Gasteiger partial charge in [0.1, 0.15) is 0 Å². The van der Waals surface area contributed by atoms with Crippen molar-refractivity contribution in [1.29, 1.82) is 0 Å². The number of nitrogens with zero attached hydrogens (tertiary/aromatic N) is 1. The molecule has 1 unspecified atom stereocenters. The van der Waals surface area contributed by atoms with Crippen LogP contribution in [0.2, 0.25) is 0 Å². The highest BCUT2D eigenvalue weighted by Crippen LogP contribution is 2.09. The molecule has 1 atom stereocenters. The fourth-order valence-corrected chi connectivity index (χ4v) is 1.57. The molecule has 1 rings (SSSR count). The SMILES string of the molecule is CCC(C)N(COC)Cc1ccccc1. The van der Waals surface area contributed by atoms with Gasteiger partial charge in [-0.2, -0.15) is 0 Å². The molecule has 0 N–H and O–H groups in total. The van der Waals surface area contributed by atoms with E-state index in [4.69, 9.17) is 4.74 Å². The van der Waals surface area contributed by atoms with Gasteiger partial charge in [0.2, 0.25) is 0 Å². The van der Waals surface area contributed by atoms with Gasteiger partial charge in [-0.05, 0) is 18.9 Å². The van der Waals surface area contributed by atoms with Crippen LogP contribution in [0.15, 0.2) is 30.3 Å². The van der Waals surface area contributed by atoms with Crippen LogP contribution >= 0.6 is 0 Å². The first kappa shape index (κ1) is 12.2. The van der Waals surface area contributed by atoms with Crippen LogP contribution in [-0.2, 0) is 11.3 Å². The predicted octanol–water partition coefficient (Wildman–Crippen LogP) is 2.89. The zero-order chi connectivity index (χ0) is 11.1. The minimum atomic E-state index is 0.560. The molecule has 0 saturated heterocycles. The maximum absolute atomic E-state index is 5.23. The molecular formula is C13H21NO. The van der Waals surface area contributed by atoms with Crippen molar-refractivity contribution in [2.75, 3.05) is 13.8 Å². The Morgan fingerprint density at radius 3 is 2.47 bits per heavy atom. The van der Waals surface area contributed by atoms with Crippen LogP contribution in [0.3, 0.4) is 0 Å². The maximum atomic E-state index is 5.23. The highest BCUT2D eigenvalue weighted by molar-refractivity contribution is 5.14. The van der Waals surface area contributed by atoms with E-state index in [0.717, 1.165) is 13.0 Å². The minimum Gasteiger partial charge on any atom is -0.369 e. The number of rotatable bonds is 6. The van der Waals surface area contributed by atoms with Crippen molar-refractivity contribution in [1.82, 2.24) is 4.90 Å². The lowest BCUT2D eigenvalue weighted by Gasteiger charge is -2.27. The molecule has 0 fully saturated rings. The van der Waals surface area contributed by atoms with Crippen LogP contribution in [0.25, 0.3) is 0 Å². The van der Waals surface area contributed by atoms with Gasteiger partial charge in [-0.3, -0.25) is 4.90 Å². The molecule has 1 aromatic rings. The third-order valence-electron chi connectivity index (χ3n) is 2.74. The Morgan fingerprint density at radius 2 is 1.93 bits per heavy atom. The Bertz CT molecular complexity index is 260. The Balaban J connectivity index is 2.58. The van der Waals surface area contributed by atoms with E-state index in [0.29, 0.717) is 12.8 Å². The second-order valence-electron chi connectivity index (χ2n) is 3.91. The average molecular weight is 207 g/mol. The number of benzene rings is 1. The van der Waals surface area contributed by atoms with Crippen molar-refractivity contribution in [3.8, 4) is 0 Å². The third kappa shape index (κ3) is 4.02. The first-order chi connectivity index (χ1) is 7.27. The average Bonchev–Trinajstić information content (AvgIpc) is 2.29. The summed E-state index contributed by atoms with van der Waals surface area (Å²) in [5, 5.41) is 0. The molecule has 0 saturated carbocycles. The van der Waals surface area contributed by atoms with E-state index in [9.17, 15) is 0 Å². The largest absolute Gasteiger partial charge is 0.369 e. The van der Waals surface area contributed by atoms with Gasteiger partial charge in [0, 0.05) is 19.7 Å². The third-order valence-corrected chi connectivity index (χ3v) is 2.74. The topological polar surface area (TPSA) is 12.5 Å². The van der Waals surface area contributed by atoms with E-state index in [2.05, 4.69) is 43.0 Å². The molecule has 0 aromatic heterocycles. The van der Waals surface area contributed by atoms with E-state index in [-0.39, 0.29) is 0 Å². The molecule has 0 heterocycles. The van der Waals surface area contributed by atoms with E-state index in [1.807, 2.05) is 6.07 Å². The van der Waals surface area contributed by atoms with E-state index in [1.54, 1.807) is 7.11 Å². The van der Waals surface area contributed by atoms with Crippen molar-refractivity contribution < 1.29 is 4.74 Å². The Hall–Kier alpha value is -0.860. The van der Waals surface area contributed by atoms with Gasteiger partial charge in [0.15, 0.2) is 0 Å². The van der Waals surface area contributed by atoms with Gasteiger partial charge in [0.25, 0.3) is 0 Å². The van der Waals surface area contributed by atoms with Crippen LogP contribution < -0.4 is 0 Å². The summed E-state index contributed by atoms with van der Waals surface area (Å²) >= 11 is 0. The minimum absolute atomic E-state index is 0.560. The van der Waals surface area contributed by atoms with E-state index < -0.39 is 0 Å². The Labute approximate surface area is 92.9 Å². The summed E-state index contributed by atoms with van der Waals surface area (Å²) in [5.74, 6) is 0. The summed E-state index contributed by atoms with van der Waals surface area (Å²) in [6.45, 7) is 6.11. The zero-order valence-corrected chi connectivity index (χ0v) is 9.94. The van der Waals surface area contributed by atoms with Crippen molar-refractivity contribution in [3.63, 3.8) is 0 Å². The van der Waals surface area contributed by atoms with Crippen molar-refractivity contribution in [2.24, 2.45) is 0 Å². The number of hydrogen-bond donors (Lipinski definition) is 0. The summed E-state index contributed by atoms with van der Waals surface area (Å²) in [6, 6.07) is 11.1. The molecule has 0 aliphatic rings. The predicted molar refractivity (Wildman–Crippen MR) is 63.6 cm³/mol. The number of ether oxygens (including phenoxy) is 1. The Kier molecular flexibility index (Phi) is 5.37. The monoisotopic (exact) mass is 207 g/mol. The van der Waals surface area contributed by atoms with Crippen molar-refractivity contribution >= 4 is 0 Å². The van der Waals surface area contributed by atoms with Crippen molar-refractivity contribution in [2.45, 2.75) is 32.9 Å². The maximum Gasteiger partial charge on any atom is 0.0991 e. The lowest BCUT2D eigenvalue weighted by molar-refractivity contribution is 0.0309. The van der Waals surface area contributed by atoms with Gasteiger partial charge in [-0.1, -0.05) is 37.3 Å². The molecular weight excluding hydrogens is 186 g/mol.